The smallest absolute Gasteiger partial charge is 0.376 e. The molecule has 0 aromatic carbocycles. The van der Waals surface area contributed by atoms with Crippen molar-refractivity contribution in [3.8, 4) is 0 Å². The number of ether oxygens (including phenoxy) is 2. The number of carbonyl (C=O) groups excluding carboxylic acids is 1. The summed E-state index contributed by atoms with van der Waals surface area (Å²) in [5.74, 6) is -0.984. The molecule has 1 unspecified atom stereocenters. The number of aliphatic carboxylic acids is 1. The lowest BCUT2D eigenvalue weighted by molar-refractivity contribution is -0.140. The van der Waals surface area contributed by atoms with Gasteiger partial charge in [-0.15, -0.1) is 0 Å². The van der Waals surface area contributed by atoms with Crippen molar-refractivity contribution >= 4 is 17.8 Å². The first-order chi connectivity index (χ1) is 9.60. The maximum absolute atomic E-state index is 11.4. The second-order valence-corrected chi connectivity index (χ2v) is 4.27. The predicted molar refractivity (Wildman–Crippen MR) is 67.6 cm³/mol. The molecule has 1 fully saturated rings. The maximum atomic E-state index is 11.4. The Morgan fingerprint density at radius 3 is 3.10 bits per heavy atom. The lowest BCUT2D eigenvalue weighted by Crippen LogP contribution is -2.43. The van der Waals surface area contributed by atoms with Crippen LogP contribution in [0.2, 0.25) is 0 Å². The summed E-state index contributed by atoms with van der Waals surface area (Å²) in [7, 11) is 1.26. The zero-order chi connectivity index (χ0) is 14.5. The number of carboxylic acid groups (broad SMARTS) is 1. The summed E-state index contributed by atoms with van der Waals surface area (Å²) in [6.45, 7) is 1.40. The molecule has 0 amide bonds. The van der Waals surface area contributed by atoms with E-state index >= 15 is 0 Å². The Morgan fingerprint density at radius 1 is 1.60 bits per heavy atom. The molecule has 8 nitrogen and oxygen atoms in total. The fraction of sp³-hybridized carbons (Fsp3) is 0.500. The van der Waals surface area contributed by atoms with Crippen molar-refractivity contribution in [2.45, 2.75) is 12.5 Å². The van der Waals surface area contributed by atoms with Crippen LogP contribution in [0, 0.1) is 0 Å². The minimum Gasteiger partial charge on any atom is -0.481 e. The first-order valence-electron chi connectivity index (χ1n) is 6.10. The van der Waals surface area contributed by atoms with E-state index in [2.05, 4.69) is 14.7 Å². The number of carbonyl (C=O) groups is 2. The highest BCUT2D eigenvalue weighted by atomic mass is 16.5. The third-order valence-electron chi connectivity index (χ3n) is 2.87. The van der Waals surface area contributed by atoms with Crippen LogP contribution in [-0.2, 0) is 14.3 Å². The van der Waals surface area contributed by atoms with Crippen LogP contribution in [0.25, 0.3) is 0 Å². The summed E-state index contributed by atoms with van der Waals surface area (Å²) >= 11 is 0. The highest BCUT2D eigenvalue weighted by Gasteiger charge is 2.24. The Labute approximate surface area is 115 Å². The third kappa shape index (κ3) is 3.41. The molecule has 0 aliphatic carbocycles. The zero-order valence-electron chi connectivity index (χ0n) is 11.0. The summed E-state index contributed by atoms with van der Waals surface area (Å²) in [6.07, 6.45) is 1.01. The molecule has 20 heavy (non-hydrogen) atoms. The van der Waals surface area contributed by atoms with Gasteiger partial charge in [0.2, 0.25) is 5.82 Å². The van der Waals surface area contributed by atoms with Gasteiger partial charge in [0.25, 0.3) is 0 Å². The summed E-state index contributed by atoms with van der Waals surface area (Å²) in [6, 6.07) is 1.66. The quantitative estimate of drug-likeness (QED) is 0.766. The van der Waals surface area contributed by atoms with Gasteiger partial charge < -0.3 is 19.5 Å². The standard InChI is InChI=1S/C12H15N3O5/c1-19-12(18)11-13-3-2-9(14-11)15-4-5-20-8(7-15)6-10(16)17/h2-3,8H,4-7H2,1H3,(H,16,17). The molecule has 1 aromatic heterocycles. The van der Waals surface area contributed by atoms with Crippen LogP contribution in [0.1, 0.15) is 17.0 Å². The largest absolute Gasteiger partial charge is 0.481 e. The van der Waals surface area contributed by atoms with Gasteiger partial charge >= 0.3 is 11.9 Å². The lowest BCUT2D eigenvalue weighted by atomic mass is 10.2. The number of carboxylic acids is 1. The predicted octanol–water partition coefficient (Wildman–Crippen LogP) is -0.0569. The van der Waals surface area contributed by atoms with Crippen LogP contribution in [0.3, 0.4) is 0 Å². The van der Waals surface area contributed by atoms with Gasteiger partial charge in [-0.3, -0.25) is 4.79 Å². The van der Waals surface area contributed by atoms with E-state index in [1.54, 1.807) is 6.07 Å². The van der Waals surface area contributed by atoms with E-state index in [0.717, 1.165) is 0 Å². The monoisotopic (exact) mass is 281 g/mol. The molecule has 1 aliphatic rings. The van der Waals surface area contributed by atoms with Crippen molar-refractivity contribution in [2.75, 3.05) is 31.7 Å². The van der Waals surface area contributed by atoms with E-state index < -0.39 is 18.0 Å². The molecule has 1 saturated heterocycles. The molecule has 0 bridgehead atoms. The molecule has 1 aliphatic heterocycles. The topological polar surface area (TPSA) is 102 Å². The van der Waals surface area contributed by atoms with Crippen molar-refractivity contribution in [3.63, 3.8) is 0 Å². The number of rotatable bonds is 4. The number of anilines is 1. The number of morpholine rings is 1. The molecule has 2 rings (SSSR count). The summed E-state index contributed by atoms with van der Waals surface area (Å²) < 4.78 is 9.95. The van der Waals surface area contributed by atoms with Gasteiger partial charge in [-0.25, -0.2) is 14.8 Å². The van der Waals surface area contributed by atoms with Crippen molar-refractivity contribution in [2.24, 2.45) is 0 Å². The van der Waals surface area contributed by atoms with E-state index in [-0.39, 0.29) is 12.2 Å². The highest BCUT2D eigenvalue weighted by molar-refractivity contribution is 5.85. The molecule has 0 spiro atoms. The summed E-state index contributed by atoms with van der Waals surface area (Å²) in [4.78, 5) is 31.9. The van der Waals surface area contributed by atoms with Gasteiger partial charge in [-0.1, -0.05) is 0 Å². The van der Waals surface area contributed by atoms with Crippen LogP contribution in [0.15, 0.2) is 12.3 Å². The van der Waals surface area contributed by atoms with Gasteiger partial charge in [0.15, 0.2) is 0 Å². The van der Waals surface area contributed by atoms with E-state index in [0.29, 0.717) is 25.5 Å². The first kappa shape index (κ1) is 14.2. The van der Waals surface area contributed by atoms with E-state index in [1.165, 1.54) is 13.3 Å². The molecule has 0 radical (unpaired) electrons. The fourth-order valence-corrected chi connectivity index (χ4v) is 1.96. The van der Waals surface area contributed by atoms with Crippen LogP contribution in [-0.4, -0.2) is 59.9 Å². The molecule has 1 aromatic rings. The normalized spacial score (nSPS) is 18.6. The third-order valence-corrected chi connectivity index (χ3v) is 2.87. The first-order valence-corrected chi connectivity index (χ1v) is 6.10. The molecule has 108 valence electrons. The van der Waals surface area contributed by atoms with E-state index in [1.807, 2.05) is 4.90 Å². The number of aromatic nitrogens is 2. The maximum Gasteiger partial charge on any atom is 0.376 e. The zero-order valence-corrected chi connectivity index (χ0v) is 11.0. The van der Waals surface area contributed by atoms with Crippen molar-refractivity contribution in [1.82, 2.24) is 9.97 Å². The molecule has 8 heteroatoms. The second-order valence-electron chi connectivity index (χ2n) is 4.27. The fourth-order valence-electron chi connectivity index (χ4n) is 1.96. The number of hydrogen-bond donors (Lipinski definition) is 1. The minimum absolute atomic E-state index is 0.0220. The molecule has 1 N–H and O–H groups in total. The van der Waals surface area contributed by atoms with Gasteiger partial charge in [0.05, 0.1) is 26.2 Å². The summed E-state index contributed by atoms with van der Waals surface area (Å²) in [5.41, 5.74) is 0. The van der Waals surface area contributed by atoms with Crippen LogP contribution in [0.5, 0.6) is 0 Å². The highest BCUT2D eigenvalue weighted by Crippen LogP contribution is 2.16. The van der Waals surface area contributed by atoms with Gasteiger partial charge in [0, 0.05) is 19.3 Å². The van der Waals surface area contributed by atoms with Crippen LogP contribution in [0.4, 0.5) is 5.82 Å². The molecule has 2 heterocycles. The molecule has 1 atom stereocenters. The Hall–Kier alpha value is -2.22. The average molecular weight is 281 g/mol. The summed E-state index contributed by atoms with van der Waals surface area (Å²) in [5, 5.41) is 8.79. The Bertz CT molecular complexity index is 508. The van der Waals surface area contributed by atoms with E-state index in [9.17, 15) is 9.59 Å². The average Bonchev–Trinajstić information content (AvgIpc) is 2.46. The molecule has 0 saturated carbocycles. The number of esters is 1. The second kappa shape index (κ2) is 6.29. The van der Waals surface area contributed by atoms with Gasteiger partial charge in [-0.2, -0.15) is 0 Å². The van der Waals surface area contributed by atoms with Crippen molar-refractivity contribution in [3.05, 3.63) is 18.1 Å². The molecular weight excluding hydrogens is 266 g/mol. The van der Waals surface area contributed by atoms with Crippen LogP contribution >= 0.6 is 0 Å². The number of methoxy groups -OCH3 is 1. The van der Waals surface area contributed by atoms with Gasteiger partial charge in [-0.05, 0) is 6.07 Å². The SMILES string of the molecule is COC(=O)c1nccc(N2CCOC(CC(=O)O)C2)n1. The Balaban J connectivity index is 2.10. The Morgan fingerprint density at radius 2 is 2.40 bits per heavy atom. The van der Waals surface area contributed by atoms with E-state index in [4.69, 9.17) is 9.84 Å². The minimum atomic E-state index is -0.908. The Kier molecular flexibility index (Phi) is 4.46. The van der Waals surface area contributed by atoms with Crippen molar-refractivity contribution < 1.29 is 24.2 Å². The molecular formula is C12H15N3O5. The van der Waals surface area contributed by atoms with Crippen LogP contribution < -0.4 is 4.90 Å². The number of nitrogens with zero attached hydrogens (tertiary/aromatic N) is 3. The van der Waals surface area contributed by atoms with Crippen molar-refractivity contribution in [1.29, 1.82) is 0 Å². The van der Waals surface area contributed by atoms with Gasteiger partial charge in [0.1, 0.15) is 5.82 Å². The number of hydrogen-bond acceptors (Lipinski definition) is 7. The lowest BCUT2D eigenvalue weighted by Gasteiger charge is -2.33.